The quantitative estimate of drug-likeness (QED) is 0.0460. The summed E-state index contributed by atoms with van der Waals surface area (Å²) in [5.74, 6) is 0.687. The first kappa shape index (κ1) is 51.0. The van der Waals surface area contributed by atoms with Crippen LogP contribution in [0.4, 0.5) is 0 Å². The van der Waals surface area contributed by atoms with Crippen LogP contribution in [0.1, 0.15) is 164 Å². The second kappa shape index (κ2) is 24.6. The second-order valence-corrected chi connectivity index (χ2v) is 25.6. The van der Waals surface area contributed by atoms with Gasteiger partial charge in [-0.3, -0.25) is 9.59 Å². The molecular weight excluding hydrogens is 949 g/mol. The molecule has 6 aromatic rings. The predicted octanol–water partition coefficient (Wildman–Crippen LogP) is 19.2. The van der Waals surface area contributed by atoms with Gasteiger partial charge in [0, 0.05) is 61.9 Å². The van der Waals surface area contributed by atoms with Gasteiger partial charge in [0.15, 0.2) is 0 Å². The minimum atomic E-state index is -0.00878. The number of amides is 2. The standard InChI is InChI=1S/C58H72N2O2S6/c1-7-13-17-19-23-41-25-27-43(63-41)45-29-31-47(65-45)49-33-35-51(67-49)55-53-54(58(62)59(55)37-39(11-5)21-15-9-3)56(60(57(53)61)38-40(12-6)22-16-10-4)52-36-34-50(68-52)48-32-30-46(66-48)44-28-26-42(64-44)24-20-18-14-8-2/h25-36,39-40H,7-24,37-38H2,1-6H3/t39-,40+. The summed E-state index contributed by atoms with van der Waals surface area (Å²) in [7, 11) is 0. The van der Waals surface area contributed by atoms with Gasteiger partial charge < -0.3 is 9.80 Å². The summed E-state index contributed by atoms with van der Waals surface area (Å²) >= 11 is 11.0. The van der Waals surface area contributed by atoms with Crippen LogP contribution in [0.15, 0.2) is 83.9 Å². The molecule has 68 heavy (non-hydrogen) atoms. The molecule has 0 spiro atoms. The van der Waals surface area contributed by atoms with E-state index >= 15 is 9.59 Å². The molecule has 0 aliphatic carbocycles. The highest BCUT2D eigenvalue weighted by Crippen LogP contribution is 2.52. The topological polar surface area (TPSA) is 40.6 Å². The zero-order chi connectivity index (χ0) is 47.6. The molecule has 0 N–H and O–H groups in total. The minimum Gasteiger partial charge on any atom is -0.306 e. The number of thiophene rings is 6. The maximum absolute atomic E-state index is 15.4. The highest BCUT2D eigenvalue weighted by molar-refractivity contribution is 7.27. The van der Waals surface area contributed by atoms with Gasteiger partial charge in [-0.25, -0.2) is 0 Å². The molecule has 362 valence electrons. The molecule has 0 unspecified atom stereocenters. The van der Waals surface area contributed by atoms with E-state index < -0.39 is 0 Å². The smallest absolute Gasteiger partial charge is 0.261 e. The van der Waals surface area contributed by atoms with Crippen LogP contribution in [0.3, 0.4) is 0 Å². The van der Waals surface area contributed by atoms with Crippen LogP contribution in [-0.2, 0) is 22.4 Å². The molecule has 6 aromatic heterocycles. The Balaban J connectivity index is 1.15. The van der Waals surface area contributed by atoms with Gasteiger partial charge in [0.1, 0.15) is 0 Å². The van der Waals surface area contributed by atoms with Gasteiger partial charge in [-0.15, -0.1) is 68.0 Å². The Morgan fingerprint density at radius 1 is 0.368 bits per heavy atom. The second-order valence-electron chi connectivity index (χ2n) is 18.9. The first-order chi connectivity index (χ1) is 33.3. The Morgan fingerprint density at radius 2 is 0.676 bits per heavy atom. The van der Waals surface area contributed by atoms with Crippen LogP contribution in [0.5, 0.6) is 0 Å². The van der Waals surface area contributed by atoms with Gasteiger partial charge in [0.25, 0.3) is 11.8 Å². The van der Waals surface area contributed by atoms with Gasteiger partial charge in [-0.1, -0.05) is 119 Å². The van der Waals surface area contributed by atoms with Gasteiger partial charge in [-0.05, 0) is 123 Å². The largest absolute Gasteiger partial charge is 0.306 e. The Kier molecular flexibility index (Phi) is 18.5. The molecule has 0 saturated heterocycles. The van der Waals surface area contributed by atoms with Crippen LogP contribution in [0.25, 0.3) is 50.4 Å². The maximum Gasteiger partial charge on any atom is 0.261 e. The van der Waals surface area contributed by atoms with E-state index in [1.807, 2.05) is 55.1 Å². The Morgan fingerprint density at radius 3 is 1.01 bits per heavy atom. The molecule has 0 saturated carbocycles. The molecule has 8 rings (SSSR count). The van der Waals surface area contributed by atoms with E-state index in [4.69, 9.17) is 0 Å². The van der Waals surface area contributed by atoms with E-state index in [0.29, 0.717) is 36.1 Å². The average molecular weight is 1020 g/mol. The Bertz CT molecular complexity index is 2480. The van der Waals surface area contributed by atoms with Crippen LogP contribution >= 0.6 is 68.0 Å². The number of carbonyl (C=O) groups excluding carboxylic acids is 2. The fourth-order valence-electron chi connectivity index (χ4n) is 9.75. The lowest BCUT2D eigenvalue weighted by Gasteiger charge is -2.29. The summed E-state index contributed by atoms with van der Waals surface area (Å²) in [4.78, 5) is 50.0. The number of aryl methyl sites for hydroxylation is 2. The fourth-order valence-corrected chi connectivity index (χ4v) is 16.4. The van der Waals surface area contributed by atoms with Crippen molar-refractivity contribution in [2.45, 2.75) is 157 Å². The zero-order valence-corrected chi connectivity index (χ0v) is 46.3. The fraction of sp³-hybridized carbons (Fsp3) is 0.483. The van der Waals surface area contributed by atoms with Crippen molar-refractivity contribution in [3.05, 3.63) is 103 Å². The molecular formula is C58H72N2O2S6. The number of hydrogen-bond acceptors (Lipinski definition) is 8. The summed E-state index contributed by atoms with van der Waals surface area (Å²) < 4.78 is 0. The molecule has 8 heterocycles. The third-order valence-corrected chi connectivity index (χ3v) is 21.3. The average Bonchev–Trinajstić information content (AvgIpc) is 4.20. The van der Waals surface area contributed by atoms with E-state index in [0.717, 1.165) is 85.4 Å². The highest BCUT2D eigenvalue weighted by atomic mass is 32.1. The lowest BCUT2D eigenvalue weighted by molar-refractivity contribution is -0.124. The Labute approximate surface area is 431 Å². The Hall–Kier alpha value is -3.38. The van der Waals surface area contributed by atoms with Crippen molar-refractivity contribution < 1.29 is 9.59 Å². The van der Waals surface area contributed by atoms with Crippen molar-refractivity contribution in [3.63, 3.8) is 0 Å². The molecule has 0 radical (unpaired) electrons. The van der Waals surface area contributed by atoms with Gasteiger partial charge in [-0.2, -0.15) is 0 Å². The van der Waals surface area contributed by atoms with Crippen molar-refractivity contribution in [1.82, 2.24) is 9.80 Å². The number of unbranched alkanes of at least 4 members (excludes halogenated alkanes) is 8. The molecule has 2 amide bonds. The normalized spacial score (nSPS) is 15.0. The summed E-state index contributed by atoms with van der Waals surface area (Å²) in [6.45, 7) is 14.8. The van der Waals surface area contributed by atoms with Crippen LogP contribution < -0.4 is 0 Å². The lowest BCUT2D eigenvalue weighted by Crippen LogP contribution is -2.34. The highest BCUT2D eigenvalue weighted by Gasteiger charge is 2.50. The third kappa shape index (κ3) is 11.7. The lowest BCUT2D eigenvalue weighted by atomic mass is 9.98. The first-order valence-electron chi connectivity index (χ1n) is 26.0. The summed E-state index contributed by atoms with van der Waals surface area (Å²) in [5, 5.41) is 0. The van der Waals surface area contributed by atoms with E-state index in [-0.39, 0.29) is 11.8 Å². The predicted molar refractivity (Wildman–Crippen MR) is 301 cm³/mol. The monoisotopic (exact) mass is 1020 g/mol. The molecule has 0 bridgehead atoms. The van der Waals surface area contributed by atoms with E-state index in [1.165, 1.54) is 100 Å². The summed E-state index contributed by atoms with van der Waals surface area (Å²) in [6.07, 6.45) is 21.2. The van der Waals surface area contributed by atoms with E-state index in [2.05, 4.69) is 114 Å². The third-order valence-electron chi connectivity index (χ3n) is 13.9. The zero-order valence-electron chi connectivity index (χ0n) is 41.4. The van der Waals surface area contributed by atoms with E-state index in [9.17, 15) is 0 Å². The first-order valence-corrected chi connectivity index (χ1v) is 30.9. The maximum atomic E-state index is 15.4. The van der Waals surface area contributed by atoms with Crippen molar-refractivity contribution in [2.24, 2.45) is 11.8 Å². The van der Waals surface area contributed by atoms with Crippen molar-refractivity contribution in [2.75, 3.05) is 13.1 Å². The van der Waals surface area contributed by atoms with E-state index in [1.54, 1.807) is 22.7 Å². The number of fused-ring (bicyclic) bond motifs is 1. The van der Waals surface area contributed by atoms with Crippen molar-refractivity contribution in [1.29, 1.82) is 0 Å². The van der Waals surface area contributed by atoms with Crippen molar-refractivity contribution in [3.8, 4) is 39.0 Å². The minimum absolute atomic E-state index is 0.00878. The molecule has 10 heteroatoms. The van der Waals surface area contributed by atoms with Gasteiger partial charge in [0.05, 0.1) is 32.3 Å². The molecule has 4 nitrogen and oxygen atoms in total. The van der Waals surface area contributed by atoms with Crippen LogP contribution in [0, 0.1) is 11.8 Å². The van der Waals surface area contributed by atoms with Crippen molar-refractivity contribution >= 4 is 91.2 Å². The number of hydrogen-bond donors (Lipinski definition) is 0. The molecule has 2 aliphatic rings. The summed E-state index contributed by atoms with van der Waals surface area (Å²) in [5.41, 5.74) is 2.88. The van der Waals surface area contributed by atoms with Gasteiger partial charge >= 0.3 is 0 Å². The number of rotatable bonds is 28. The molecule has 2 atom stereocenters. The van der Waals surface area contributed by atoms with Crippen LogP contribution in [0.2, 0.25) is 0 Å². The molecule has 2 aliphatic heterocycles. The van der Waals surface area contributed by atoms with Gasteiger partial charge in [0.2, 0.25) is 0 Å². The molecule has 0 fully saturated rings. The van der Waals surface area contributed by atoms with Crippen LogP contribution in [-0.4, -0.2) is 34.7 Å². The molecule has 0 aromatic carbocycles. The number of carbonyl (C=O) groups is 2. The summed E-state index contributed by atoms with van der Waals surface area (Å²) in [6, 6.07) is 27.1. The SMILES string of the molecule is CCCCCCc1ccc(-c2ccc(-c3ccc(C4=C5C(=O)N(C[C@@H](CC)CCCC)C(c6ccc(-c7ccc(-c8ccc(CCCCCC)s8)s7)s6)=C5C(=O)N4C[C@H](CC)CCCC)s3)s2)s1. The number of nitrogens with zero attached hydrogens (tertiary/aromatic N) is 2.